The van der Waals surface area contributed by atoms with Crippen molar-refractivity contribution in [2.75, 3.05) is 26.2 Å². The van der Waals surface area contributed by atoms with Crippen molar-refractivity contribution in [1.29, 1.82) is 0 Å². The number of benzene rings is 2. The molecule has 196 valence electrons. The summed E-state index contributed by atoms with van der Waals surface area (Å²) >= 11 is 8.99. The van der Waals surface area contributed by atoms with Crippen LogP contribution in [0.25, 0.3) is 6.08 Å². The normalized spacial score (nSPS) is 17.0. The largest absolute Gasteiger partial charge is 0.490 e. The van der Waals surface area contributed by atoms with Crippen LogP contribution in [0.4, 0.5) is 9.18 Å². The lowest BCUT2D eigenvalue weighted by Gasteiger charge is -2.27. The van der Waals surface area contributed by atoms with Gasteiger partial charge in [-0.05, 0) is 96.4 Å². The van der Waals surface area contributed by atoms with E-state index in [0.29, 0.717) is 40.3 Å². The molecular weight excluding hydrogens is 634 g/mol. The average molecular weight is 659 g/mol. The van der Waals surface area contributed by atoms with Crippen LogP contribution in [-0.4, -0.2) is 53.1 Å². The maximum absolute atomic E-state index is 14.2. The molecular formula is C26H25ClFIN2O5S. The maximum Gasteiger partial charge on any atom is 0.294 e. The third kappa shape index (κ3) is 6.58. The standard InChI is InChI=1S/C26H25ClFIN2O5S/c1-2-35-21-12-16(11-20(29)24(21)36-15-17-18(27)7-6-8-19(17)28)13-22-25(33)31(26(34)37-22)14-23(32)30-9-4-3-5-10-30/h6-8,11-13H,2-5,9-10,14-15H2,1H3/b22-13-. The fourth-order valence-corrected chi connectivity index (χ4v) is 5.89. The molecule has 0 unspecified atom stereocenters. The zero-order valence-electron chi connectivity index (χ0n) is 20.1. The number of piperidine rings is 1. The number of ether oxygens (including phenoxy) is 2. The molecule has 0 bridgehead atoms. The Morgan fingerprint density at radius 2 is 1.95 bits per heavy atom. The van der Waals surface area contributed by atoms with Gasteiger partial charge in [-0.3, -0.25) is 19.3 Å². The third-order valence-corrected chi connectivity index (χ3v) is 7.99. The van der Waals surface area contributed by atoms with Crippen molar-refractivity contribution in [3.63, 3.8) is 0 Å². The summed E-state index contributed by atoms with van der Waals surface area (Å²) in [5.74, 6) is -0.353. The van der Waals surface area contributed by atoms with Gasteiger partial charge < -0.3 is 14.4 Å². The predicted octanol–water partition coefficient (Wildman–Crippen LogP) is 6.11. The molecule has 2 aliphatic heterocycles. The van der Waals surface area contributed by atoms with Gasteiger partial charge in [0.15, 0.2) is 11.5 Å². The molecule has 2 aromatic carbocycles. The van der Waals surface area contributed by atoms with E-state index in [1.165, 1.54) is 12.1 Å². The molecule has 11 heteroatoms. The number of carbonyl (C=O) groups is 3. The van der Waals surface area contributed by atoms with E-state index in [0.717, 1.165) is 35.9 Å². The lowest BCUT2D eigenvalue weighted by Crippen LogP contribution is -2.44. The van der Waals surface area contributed by atoms with Crippen LogP contribution in [0.5, 0.6) is 11.5 Å². The van der Waals surface area contributed by atoms with E-state index < -0.39 is 17.0 Å². The van der Waals surface area contributed by atoms with Crippen LogP contribution >= 0.6 is 46.0 Å². The van der Waals surface area contributed by atoms with E-state index in [1.807, 2.05) is 6.92 Å². The Balaban J connectivity index is 1.52. The minimum atomic E-state index is -0.497. The molecule has 4 rings (SSSR count). The van der Waals surface area contributed by atoms with Crippen LogP contribution in [0.1, 0.15) is 37.3 Å². The summed E-state index contributed by atoms with van der Waals surface area (Å²) in [4.78, 5) is 41.0. The summed E-state index contributed by atoms with van der Waals surface area (Å²) < 4.78 is 26.5. The molecule has 0 aliphatic carbocycles. The second kappa shape index (κ2) is 12.5. The highest BCUT2D eigenvalue weighted by atomic mass is 127. The number of carbonyl (C=O) groups excluding carboxylic acids is 3. The number of imide groups is 1. The van der Waals surface area contributed by atoms with Crippen molar-refractivity contribution < 1.29 is 28.2 Å². The fourth-order valence-electron chi connectivity index (χ4n) is 4.06. The van der Waals surface area contributed by atoms with Crippen molar-refractivity contribution in [1.82, 2.24) is 9.80 Å². The van der Waals surface area contributed by atoms with Gasteiger partial charge >= 0.3 is 0 Å². The molecule has 2 fully saturated rings. The molecule has 37 heavy (non-hydrogen) atoms. The smallest absolute Gasteiger partial charge is 0.294 e. The molecule has 0 saturated carbocycles. The number of hydrogen-bond donors (Lipinski definition) is 0. The van der Waals surface area contributed by atoms with Crippen molar-refractivity contribution >= 4 is 69.1 Å². The number of nitrogens with zero attached hydrogens (tertiary/aromatic N) is 2. The minimum Gasteiger partial charge on any atom is -0.490 e. The number of thioether (sulfide) groups is 1. The maximum atomic E-state index is 14.2. The van der Waals surface area contributed by atoms with Gasteiger partial charge in [-0.1, -0.05) is 17.7 Å². The Morgan fingerprint density at radius 1 is 1.19 bits per heavy atom. The van der Waals surface area contributed by atoms with Crippen molar-refractivity contribution in [3.8, 4) is 11.5 Å². The quantitative estimate of drug-likeness (QED) is 0.252. The first-order valence-electron chi connectivity index (χ1n) is 11.8. The van der Waals surface area contributed by atoms with Crippen LogP contribution in [0.2, 0.25) is 5.02 Å². The van der Waals surface area contributed by atoms with E-state index in [9.17, 15) is 18.8 Å². The van der Waals surface area contributed by atoms with E-state index in [2.05, 4.69) is 22.6 Å². The Bertz CT molecular complexity index is 1230. The number of amides is 3. The monoisotopic (exact) mass is 658 g/mol. The van der Waals surface area contributed by atoms with Crippen LogP contribution in [0.15, 0.2) is 35.2 Å². The molecule has 2 aromatic rings. The Labute approximate surface area is 237 Å². The first kappa shape index (κ1) is 27.7. The molecule has 2 saturated heterocycles. The fraction of sp³-hybridized carbons (Fsp3) is 0.346. The number of rotatable bonds is 8. The average Bonchev–Trinajstić information content (AvgIpc) is 3.13. The van der Waals surface area contributed by atoms with Crippen LogP contribution in [-0.2, 0) is 16.2 Å². The second-order valence-corrected chi connectivity index (χ2v) is 11.0. The van der Waals surface area contributed by atoms with Crippen molar-refractivity contribution in [3.05, 3.63) is 60.8 Å². The summed E-state index contributed by atoms with van der Waals surface area (Å²) in [6, 6.07) is 7.89. The van der Waals surface area contributed by atoms with Crippen LogP contribution < -0.4 is 9.47 Å². The lowest BCUT2D eigenvalue weighted by atomic mass is 10.1. The van der Waals surface area contributed by atoms with Crippen molar-refractivity contribution in [2.24, 2.45) is 0 Å². The number of halogens is 3. The predicted molar refractivity (Wildman–Crippen MR) is 149 cm³/mol. The molecule has 2 aliphatic rings. The first-order valence-corrected chi connectivity index (χ1v) is 14.1. The molecule has 0 radical (unpaired) electrons. The Kier molecular flexibility index (Phi) is 9.36. The summed E-state index contributed by atoms with van der Waals surface area (Å²) in [7, 11) is 0. The topological polar surface area (TPSA) is 76.2 Å². The zero-order chi connectivity index (χ0) is 26.5. The van der Waals surface area contributed by atoms with Gasteiger partial charge in [-0.25, -0.2) is 4.39 Å². The summed E-state index contributed by atoms with van der Waals surface area (Å²) in [6.45, 7) is 3.13. The van der Waals surface area contributed by atoms with Gasteiger partial charge in [0, 0.05) is 18.7 Å². The van der Waals surface area contributed by atoms with E-state index in [1.54, 1.807) is 29.2 Å². The highest BCUT2D eigenvalue weighted by Crippen LogP contribution is 2.38. The summed E-state index contributed by atoms with van der Waals surface area (Å²) in [5.41, 5.74) is 0.858. The van der Waals surface area contributed by atoms with E-state index in [-0.39, 0.29) is 34.6 Å². The minimum absolute atomic E-state index is 0.0924. The van der Waals surface area contributed by atoms with Crippen LogP contribution in [0.3, 0.4) is 0 Å². The second-order valence-electron chi connectivity index (χ2n) is 8.46. The number of likely N-dealkylation sites (tertiary alicyclic amines) is 1. The van der Waals surface area contributed by atoms with Crippen LogP contribution in [0, 0.1) is 9.39 Å². The van der Waals surface area contributed by atoms with Gasteiger partial charge in [0.05, 0.1) is 20.1 Å². The summed E-state index contributed by atoms with van der Waals surface area (Å²) in [6.07, 6.45) is 4.54. The first-order chi connectivity index (χ1) is 17.8. The van der Waals surface area contributed by atoms with Gasteiger partial charge in [0.25, 0.3) is 11.1 Å². The number of hydrogen-bond acceptors (Lipinski definition) is 6. The Morgan fingerprint density at radius 3 is 2.65 bits per heavy atom. The summed E-state index contributed by atoms with van der Waals surface area (Å²) in [5, 5.41) is -0.206. The molecule has 7 nitrogen and oxygen atoms in total. The molecule has 0 atom stereocenters. The molecule has 0 aromatic heterocycles. The van der Waals surface area contributed by atoms with Gasteiger partial charge in [0.2, 0.25) is 5.91 Å². The SMILES string of the molecule is CCOc1cc(/C=C2\SC(=O)N(CC(=O)N3CCCCC3)C2=O)cc(I)c1OCc1c(F)cccc1Cl. The lowest BCUT2D eigenvalue weighted by molar-refractivity contribution is -0.136. The van der Waals surface area contributed by atoms with Gasteiger partial charge in [-0.2, -0.15) is 0 Å². The molecule has 3 amide bonds. The van der Waals surface area contributed by atoms with E-state index in [4.69, 9.17) is 21.1 Å². The highest BCUT2D eigenvalue weighted by molar-refractivity contribution is 14.1. The molecule has 0 N–H and O–H groups in total. The highest BCUT2D eigenvalue weighted by Gasteiger charge is 2.37. The molecule has 0 spiro atoms. The van der Waals surface area contributed by atoms with Gasteiger partial charge in [-0.15, -0.1) is 0 Å². The zero-order valence-corrected chi connectivity index (χ0v) is 23.8. The van der Waals surface area contributed by atoms with Gasteiger partial charge in [0.1, 0.15) is 19.0 Å². The third-order valence-electron chi connectivity index (χ3n) is 5.93. The van der Waals surface area contributed by atoms with E-state index >= 15 is 0 Å². The Hall–Kier alpha value is -2.31. The molecule has 2 heterocycles. The van der Waals surface area contributed by atoms with Crippen molar-refractivity contribution in [2.45, 2.75) is 32.8 Å².